The number of hydrogen-bond donors (Lipinski definition) is 1. The summed E-state index contributed by atoms with van der Waals surface area (Å²) < 4.78 is 0.958. The van der Waals surface area contributed by atoms with E-state index in [9.17, 15) is 4.79 Å². The van der Waals surface area contributed by atoms with Crippen molar-refractivity contribution in [3.63, 3.8) is 0 Å². The molecule has 0 unspecified atom stereocenters. The van der Waals surface area contributed by atoms with Crippen molar-refractivity contribution in [2.24, 2.45) is 0 Å². The highest BCUT2D eigenvalue weighted by Crippen LogP contribution is 2.21. The van der Waals surface area contributed by atoms with E-state index in [4.69, 9.17) is 0 Å². The zero-order valence-corrected chi connectivity index (χ0v) is 14.2. The van der Waals surface area contributed by atoms with Crippen LogP contribution >= 0.6 is 27.7 Å². The van der Waals surface area contributed by atoms with Crippen LogP contribution in [-0.4, -0.2) is 15.8 Å². The Kier molecular flexibility index (Phi) is 4.45. The lowest BCUT2D eigenvalue weighted by atomic mass is 10.1. The van der Waals surface area contributed by atoms with Crippen molar-refractivity contribution < 1.29 is 4.79 Å². The number of carbonyl (C=O) groups excluding carboxylic acids is 1. The maximum Gasteiger partial charge on any atom is 0.186 e. The molecule has 0 saturated heterocycles. The molecule has 3 nitrogen and oxygen atoms in total. The van der Waals surface area contributed by atoms with E-state index in [-0.39, 0.29) is 5.78 Å². The van der Waals surface area contributed by atoms with Crippen molar-refractivity contribution in [1.29, 1.82) is 0 Å². The van der Waals surface area contributed by atoms with Crippen LogP contribution in [-0.2, 0) is 0 Å². The number of nitrogens with zero attached hydrogens (tertiary/aromatic N) is 1. The quantitative estimate of drug-likeness (QED) is 0.392. The van der Waals surface area contributed by atoms with Gasteiger partial charge in [-0.05, 0) is 60.4 Å². The second-order valence-corrected chi connectivity index (χ2v) is 6.66. The topological polar surface area (TPSA) is 45.8 Å². The average molecular weight is 373 g/mol. The van der Waals surface area contributed by atoms with Crippen LogP contribution in [0.25, 0.3) is 11.0 Å². The smallest absolute Gasteiger partial charge is 0.186 e. The van der Waals surface area contributed by atoms with Gasteiger partial charge in [-0.25, -0.2) is 4.98 Å². The van der Waals surface area contributed by atoms with Gasteiger partial charge in [-0.2, -0.15) is 0 Å². The Morgan fingerprint density at radius 3 is 2.77 bits per heavy atom. The van der Waals surface area contributed by atoms with Crippen LogP contribution in [0.1, 0.15) is 15.9 Å². The number of H-pyrrole nitrogens is 1. The van der Waals surface area contributed by atoms with Crippen molar-refractivity contribution in [1.82, 2.24) is 9.97 Å². The fourth-order valence-electron chi connectivity index (χ4n) is 2.03. The predicted molar refractivity (Wildman–Crippen MR) is 94.3 cm³/mol. The van der Waals surface area contributed by atoms with Gasteiger partial charge in [0.05, 0.1) is 11.0 Å². The van der Waals surface area contributed by atoms with Crippen molar-refractivity contribution in [2.75, 3.05) is 0 Å². The number of ketones is 1. The lowest BCUT2D eigenvalue weighted by Gasteiger charge is -1.95. The first-order valence-corrected chi connectivity index (χ1v) is 8.38. The van der Waals surface area contributed by atoms with Gasteiger partial charge in [0.15, 0.2) is 10.9 Å². The summed E-state index contributed by atoms with van der Waals surface area (Å²) in [6.45, 7) is 2.05. The van der Waals surface area contributed by atoms with Gasteiger partial charge in [0.25, 0.3) is 0 Å². The van der Waals surface area contributed by atoms with Crippen molar-refractivity contribution in [2.45, 2.75) is 12.1 Å². The van der Waals surface area contributed by atoms with Gasteiger partial charge >= 0.3 is 0 Å². The molecule has 0 atom stereocenters. The van der Waals surface area contributed by atoms with Crippen molar-refractivity contribution >= 4 is 44.5 Å². The molecule has 0 radical (unpaired) electrons. The highest BCUT2D eigenvalue weighted by atomic mass is 79.9. The second-order valence-electron chi connectivity index (χ2n) is 4.85. The molecular weight excluding hydrogens is 360 g/mol. The van der Waals surface area contributed by atoms with E-state index in [0.29, 0.717) is 5.56 Å². The summed E-state index contributed by atoms with van der Waals surface area (Å²) in [6.07, 6.45) is 1.56. The first-order chi connectivity index (χ1) is 10.6. The largest absolute Gasteiger partial charge is 0.333 e. The molecule has 3 rings (SSSR count). The van der Waals surface area contributed by atoms with Gasteiger partial charge in [0.2, 0.25) is 0 Å². The molecule has 0 bridgehead atoms. The molecule has 1 heterocycles. The molecule has 0 aliphatic carbocycles. The lowest BCUT2D eigenvalue weighted by Crippen LogP contribution is -1.92. The van der Waals surface area contributed by atoms with Crippen LogP contribution in [0.3, 0.4) is 0 Å². The molecule has 1 N–H and O–H groups in total. The summed E-state index contributed by atoms with van der Waals surface area (Å²) in [5.74, 6) is -0.0213. The first-order valence-electron chi connectivity index (χ1n) is 6.71. The van der Waals surface area contributed by atoms with E-state index in [1.165, 1.54) is 17.3 Å². The number of nitrogens with one attached hydrogen (secondary N) is 1. The Bertz CT molecular complexity index is 853. The Hall–Kier alpha value is -1.85. The zero-order valence-electron chi connectivity index (χ0n) is 11.8. The lowest BCUT2D eigenvalue weighted by molar-refractivity contribution is 0.104. The van der Waals surface area contributed by atoms with Gasteiger partial charge in [0.1, 0.15) is 0 Å². The number of hydrogen-bond acceptors (Lipinski definition) is 3. The van der Waals surface area contributed by atoms with E-state index in [1.807, 2.05) is 31.2 Å². The van der Waals surface area contributed by atoms with Crippen LogP contribution in [0, 0.1) is 6.92 Å². The van der Waals surface area contributed by atoms with E-state index in [1.54, 1.807) is 23.6 Å². The Morgan fingerprint density at radius 2 is 2.00 bits per heavy atom. The van der Waals surface area contributed by atoms with Gasteiger partial charge in [-0.15, -0.1) is 0 Å². The number of halogens is 1. The first kappa shape index (κ1) is 15.1. The number of rotatable bonds is 4. The Labute approximate surface area is 141 Å². The summed E-state index contributed by atoms with van der Waals surface area (Å²) in [5.41, 5.74) is 3.80. The Morgan fingerprint density at radius 1 is 1.23 bits per heavy atom. The fourth-order valence-corrected chi connectivity index (χ4v) is 2.93. The third-order valence-electron chi connectivity index (χ3n) is 3.14. The number of aromatic amines is 1. The molecule has 3 aromatic rings. The highest BCUT2D eigenvalue weighted by molar-refractivity contribution is 9.10. The predicted octanol–water partition coefficient (Wildman–Crippen LogP) is 5.12. The molecule has 0 spiro atoms. The molecular formula is C17H13BrN2OS. The molecule has 5 heteroatoms. The number of allylic oxidation sites excluding steroid dienone is 1. The van der Waals surface area contributed by atoms with Crippen LogP contribution in [0.5, 0.6) is 0 Å². The molecule has 0 fully saturated rings. The van der Waals surface area contributed by atoms with Crippen LogP contribution in [0.2, 0.25) is 0 Å². The second kappa shape index (κ2) is 6.50. The number of carbonyl (C=O) groups is 1. The monoisotopic (exact) mass is 372 g/mol. The molecule has 0 saturated carbocycles. The van der Waals surface area contributed by atoms with Crippen molar-refractivity contribution in [3.8, 4) is 0 Å². The van der Waals surface area contributed by atoms with E-state index in [0.717, 1.165) is 20.7 Å². The minimum atomic E-state index is -0.0213. The zero-order chi connectivity index (χ0) is 15.5. The third-order valence-corrected chi connectivity index (χ3v) is 4.36. The molecule has 22 heavy (non-hydrogen) atoms. The molecule has 2 aromatic carbocycles. The number of aryl methyl sites for hydroxylation is 1. The number of benzene rings is 2. The van der Waals surface area contributed by atoms with Crippen LogP contribution < -0.4 is 0 Å². The van der Waals surface area contributed by atoms with Gasteiger partial charge in [-0.1, -0.05) is 33.8 Å². The summed E-state index contributed by atoms with van der Waals surface area (Å²) in [6, 6.07) is 13.4. The molecule has 0 amide bonds. The molecule has 0 aliphatic heterocycles. The fraction of sp³-hybridized carbons (Fsp3) is 0.0588. The summed E-state index contributed by atoms with van der Waals surface area (Å²) in [4.78, 5) is 19.7. The summed E-state index contributed by atoms with van der Waals surface area (Å²) >= 11 is 4.75. The van der Waals surface area contributed by atoms with Crippen LogP contribution in [0.4, 0.5) is 0 Å². The van der Waals surface area contributed by atoms with Gasteiger partial charge in [-0.3, -0.25) is 4.79 Å². The van der Waals surface area contributed by atoms with Crippen molar-refractivity contribution in [3.05, 3.63) is 69.5 Å². The third kappa shape index (κ3) is 3.48. The van der Waals surface area contributed by atoms with Crippen LogP contribution in [0.15, 0.2) is 63.6 Å². The Balaban J connectivity index is 1.70. The van der Waals surface area contributed by atoms with E-state index < -0.39 is 0 Å². The number of imidazole rings is 1. The number of fused-ring (bicyclic) bond motifs is 1. The van der Waals surface area contributed by atoms with Gasteiger partial charge in [0, 0.05) is 10.0 Å². The maximum absolute atomic E-state index is 12.0. The standard InChI is InChI=1S/C17H13BrN2OS/c1-11-2-7-14-15(10-11)20-17(19-14)22-9-8-16(21)12-3-5-13(18)6-4-12/h2-10H,1H3,(H,19,20). The van der Waals surface area contributed by atoms with E-state index >= 15 is 0 Å². The number of aromatic nitrogens is 2. The maximum atomic E-state index is 12.0. The summed E-state index contributed by atoms with van der Waals surface area (Å²) in [5, 5.41) is 2.54. The SMILES string of the molecule is Cc1ccc2nc(SC=CC(=O)c3ccc(Br)cc3)[nH]c2c1. The van der Waals surface area contributed by atoms with Gasteiger partial charge < -0.3 is 4.98 Å². The molecule has 0 aliphatic rings. The summed E-state index contributed by atoms with van der Waals surface area (Å²) in [7, 11) is 0. The number of thioether (sulfide) groups is 1. The normalized spacial score (nSPS) is 11.4. The minimum Gasteiger partial charge on any atom is -0.333 e. The highest BCUT2D eigenvalue weighted by Gasteiger charge is 2.03. The van der Waals surface area contributed by atoms with E-state index in [2.05, 4.69) is 32.0 Å². The minimum absolute atomic E-state index is 0.0213. The molecule has 1 aromatic heterocycles. The molecule has 110 valence electrons. The average Bonchev–Trinajstić information content (AvgIpc) is 2.89.